The molecule has 0 N–H and O–H groups in total. The smallest absolute Gasteiger partial charge is 0.312 e. The predicted octanol–water partition coefficient (Wildman–Crippen LogP) is 2.70. The molecule has 0 saturated heterocycles. The molecule has 0 aliphatic rings. The Hall–Kier alpha value is 0.460. The highest BCUT2D eigenvalue weighted by Crippen LogP contribution is 2.60. The molecule has 0 aliphatic carbocycles. The fraction of sp³-hybridized carbons (Fsp3) is 1.00. The maximum atomic E-state index is 11.5. The van der Waals surface area contributed by atoms with Gasteiger partial charge >= 0.3 is 16.4 Å². The van der Waals surface area contributed by atoms with E-state index in [4.69, 9.17) is 13.4 Å². The first-order valence-corrected chi connectivity index (χ1v) is 6.64. The Morgan fingerprint density at radius 1 is 1.07 bits per heavy atom. The van der Waals surface area contributed by atoms with Crippen LogP contribution in [0.1, 0.15) is 13.8 Å². The molecule has 0 aromatic carbocycles. The first kappa shape index (κ1) is 14.5. The summed E-state index contributed by atoms with van der Waals surface area (Å²) in [5.74, 6) is 0. The summed E-state index contributed by atoms with van der Waals surface area (Å²) in [5.41, 5.74) is 0. The van der Waals surface area contributed by atoms with E-state index in [1.165, 1.54) is 14.2 Å². The lowest BCUT2D eigenvalue weighted by atomic mass is 10.9. The van der Waals surface area contributed by atoms with Crippen molar-refractivity contribution in [2.75, 3.05) is 27.4 Å². The quantitative estimate of drug-likeness (QED) is 0.613. The third kappa shape index (κ3) is 5.37. The third-order valence-electron chi connectivity index (χ3n) is 1.08. The van der Waals surface area contributed by atoms with E-state index in [-0.39, 0.29) is 0 Å². The zero-order chi connectivity index (χ0) is 11.0. The fourth-order valence-electron chi connectivity index (χ4n) is 0.518. The van der Waals surface area contributed by atoms with Crippen molar-refractivity contribution in [1.29, 1.82) is 0 Å². The minimum atomic E-state index is -3.52. The van der Waals surface area contributed by atoms with Crippen molar-refractivity contribution < 1.29 is 27.0 Å². The van der Waals surface area contributed by atoms with Gasteiger partial charge in [-0.05, 0) is 13.8 Å². The highest BCUT2D eigenvalue weighted by Gasteiger charge is 2.30. The molecule has 0 unspecified atom stereocenters. The molecule has 86 valence electrons. The zero-order valence-electron chi connectivity index (χ0n) is 8.76. The molecule has 0 radical (unpaired) electrons. The Morgan fingerprint density at radius 3 is 1.79 bits per heavy atom. The second-order valence-corrected chi connectivity index (χ2v) is 5.19. The lowest BCUT2D eigenvalue weighted by Crippen LogP contribution is -1.97. The van der Waals surface area contributed by atoms with Crippen LogP contribution in [-0.4, -0.2) is 27.4 Å². The lowest BCUT2D eigenvalue weighted by Gasteiger charge is -2.18. The summed E-state index contributed by atoms with van der Waals surface area (Å²) >= 11 is 0. The molecule has 0 aromatic heterocycles. The van der Waals surface area contributed by atoms with Gasteiger partial charge in [-0.15, -0.1) is 0 Å². The van der Waals surface area contributed by atoms with Gasteiger partial charge in [0, 0.05) is 14.2 Å². The van der Waals surface area contributed by atoms with Gasteiger partial charge in [0.1, 0.15) is 0 Å². The van der Waals surface area contributed by atoms with Gasteiger partial charge in [-0.3, -0.25) is 9.05 Å². The fourth-order valence-corrected chi connectivity index (χ4v) is 2.73. The highest BCUT2D eigenvalue weighted by molar-refractivity contribution is 7.59. The largest absolute Gasteiger partial charge is 0.481 e. The summed E-state index contributed by atoms with van der Waals surface area (Å²) < 4.78 is 35.7. The molecular weight excluding hydrogens is 230 g/mol. The van der Waals surface area contributed by atoms with Crippen molar-refractivity contribution in [3.05, 3.63) is 0 Å². The van der Waals surface area contributed by atoms with Crippen LogP contribution >= 0.6 is 16.4 Å². The summed E-state index contributed by atoms with van der Waals surface area (Å²) in [5, 5.41) is 0. The van der Waals surface area contributed by atoms with E-state index in [1.807, 2.05) is 0 Å². The molecule has 0 atom stereocenters. The van der Waals surface area contributed by atoms with E-state index in [9.17, 15) is 4.57 Å². The number of hydrogen-bond donors (Lipinski definition) is 0. The average Bonchev–Trinajstić information content (AvgIpc) is 2.18. The Bertz CT molecular complexity index is 173. The van der Waals surface area contributed by atoms with E-state index in [0.29, 0.717) is 13.2 Å². The van der Waals surface area contributed by atoms with Crippen LogP contribution in [0.15, 0.2) is 0 Å². The van der Waals surface area contributed by atoms with Crippen LogP contribution in [0.4, 0.5) is 0 Å². The van der Waals surface area contributed by atoms with E-state index in [2.05, 4.69) is 9.05 Å². The van der Waals surface area contributed by atoms with Gasteiger partial charge < -0.3 is 9.05 Å². The monoisotopic (exact) mass is 246 g/mol. The average molecular weight is 246 g/mol. The second kappa shape index (κ2) is 7.71. The van der Waals surface area contributed by atoms with Gasteiger partial charge in [-0.1, -0.05) is 0 Å². The molecule has 0 fully saturated rings. The van der Waals surface area contributed by atoms with Crippen LogP contribution in [0.5, 0.6) is 0 Å². The van der Waals surface area contributed by atoms with Crippen molar-refractivity contribution in [3.8, 4) is 0 Å². The molecule has 0 spiro atoms. The molecule has 0 rings (SSSR count). The number of rotatable bonds is 8. The summed E-state index contributed by atoms with van der Waals surface area (Å²) in [6, 6.07) is 0. The van der Waals surface area contributed by atoms with Gasteiger partial charge in [0.2, 0.25) is 0 Å². The van der Waals surface area contributed by atoms with Crippen LogP contribution in [0.25, 0.3) is 0 Å². The van der Waals surface area contributed by atoms with E-state index in [0.717, 1.165) is 0 Å². The minimum Gasteiger partial charge on any atom is -0.312 e. The van der Waals surface area contributed by atoms with Gasteiger partial charge in [0.05, 0.1) is 13.2 Å². The molecule has 14 heavy (non-hydrogen) atoms. The van der Waals surface area contributed by atoms with Crippen LogP contribution in [-0.2, 0) is 27.0 Å². The molecule has 0 bridgehead atoms. The van der Waals surface area contributed by atoms with Crippen LogP contribution < -0.4 is 0 Å². The summed E-state index contributed by atoms with van der Waals surface area (Å²) in [4.78, 5) is 0. The summed E-state index contributed by atoms with van der Waals surface area (Å²) in [6.45, 7) is 4.36. The second-order valence-electron chi connectivity index (χ2n) is 1.95. The molecule has 0 amide bonds. The molecule has 0 heterocycles. The van der Waals surface area contributed by atoms with Gasteiger partial charge in [0.25, 0.3) is 0 Å². The van der Waals surface area contributed by atoms with Crippen molar-refractivity contribution in [2.45, 2.75) is 13.8 Å². The first-order chi connectivity index (χ1) is 6.61. The molecule has 8 heteroatoms. The SMILES string of the molecule is CCOP(OCC)OP(=O)(OC)OC. The Labute approximate surface area is 85.4 Å². The molecule has 0 saturated carbocycles. The number of phosphoric acid groups is 1. The molecule has 0 aromatic rings. The van der Waals surface area contributed by atoms with Crippen molar-refractivity contribution >= 4 is 16.4 Å². The lowest BCUT2D eigenvalue weighted by molar-refractivity contribution is 0.169. The molecule has 6 nitrogen and oxygen atoms in total. The van der Waals surface area contributed by atoms with Crippen molar-refractivity contribution in [3.63, 3.8) is 0 Å². The van der Waals surface area contributed by atoms with Crippen LogP contribution in [0, 0.1) is 0 Å². The number of hydrogen-bond acceptors (Lipinski definition) is 6. The normalized spacial score (nSPS) is 12.4. The Kier molecular flexibility index (Phi) is 7.97. The van der Waals surface area contributed by atoms with Crippen LogP contribution in [0.2, 0.25) is 0 Å². The third-order valence-corrected chi connectivity index (χ3v) is 4.25. The van der Waals surface area contributed by atoms with E-state index in [1.54, 1.807) is 13.8 Å². The van der Waals surface area contributed by atoms with Gasteiger partial charge in [-0.2, -0.15) is 0 Å². The topological polar surface area (TPSA) is 63.2 Å². The maximum Gasteiger partial charge on any atom is 0.481 e. The Morgan fingerprint density at radius 2 is 1.50 bits per heavy atom. The summed E-state index contributed by atoms with van der Waals surface area (Å²) in [7, 11) is -2.73. The zero-order valence-corrected chi connectivity index (χ0v) is 10.5. The number of phosphoric ester groups is 1. The summed E-state index contributed by atoms with van der Waals surface area (Å²) in [6.07, 6.45) is 0. The van der Waals surface area contributed by atoms with Gasteiger partial charge in [-0.25, -0.2) is 8.88 Å². The van der Waals surface area contributed by atoms with E-state index >= 15 is 0 Å². The predicted molar refractivity (Wildman–Crippen MR) is 52.9 cm³/mol. The standard InChI is InChI=1S/C6H16O6P2/c1-5-10-13(11-6-2)12-14(7,8-3)9-4/h5-6H2,1-4H3. The van der Waals surface area contributed by atoms with Crippen molar-refractivity contribution in [1.82, 2.24) is 0 Å². The van der Waals surface area contributed by atoms with Crippen molar-refractivity contribution in [2.24, 2.45) is 0 Å². The molecule has 0 aliphatic heterocycles. The Balaban J connectivity index is 4.18. The maximum absolute atomic E-state index is 11.5. The molecular formula is C6H16O6P2. The van der Waals surface area contributed by atoms with E-state index < -0.39 is 16.4 Å². The van der Waals surface area contributed by atoms with Gasteiger partial charge in [0.15, 0.2) is 0 Å². The first-order valence-electron chi connectivity index (χ1n) is 4.09. The minimum absolute atomic E-state index is 0.402. The van der Waals surface area contributed by atoms with Crippen LogP contribution in [0.3, 0.4) is 0 Å². The highest BCUT2D eigenvalue weighted by atomic mass is 31.3.